The Labute approximate surface area is 132 Å². The number of methoxy groups -OCH3 is 1. The number of rotatable bonds is 8. The van der Waals surface area contributed by atoms with Crippen molar-refractivity contribution in [3.63, 3.8) is 0 Å². The summed E-state index contributed by atoms with van der Waals surface area (Å²) in [6, 6.07) is 19.2. The van der Waals surface area contributed by atoms with Crippen molar-refractivity contribution in [3.8, 4) is 0 Å². The summed E-state index contributed by atoms with van der Waals surface area (Å²) in [7, 11) is 1.68. The number of nitrogens with zero attached hydrogens (tertiary/aromatic N) is 1. The van der Waals surface area contributed by atoms with Crippen LogP contribution in [0.2, 0.25) is 0 Å². The van der Waals surface area contributed by atoms with Crippen LogP contribution in [0.1, 0.15) is 28.9 Å². The van der Waals surface area contributed by atoms with Crippen LogP contribution in [-0.2, 0) is 4.74 Å². The maximum atomic E-state index is 13.0. The molecular formula is C19H23NO2. The fourth-order valence-electron chi connectivity index (χ4n) is 2.60. The maximum Gasteiger partial charge on any atom is 0.184 e. The second-order valence-electron chi connectivity index (χ2n) is 5.16. The summed E-state index contributed by atoms with van der Waals surface area (Å²) >= 11 is 0. The van der Waals surface area contributed by atoms with Crippen molar-refractivity contribution in [2.45, 2.75) is 13.0 Å². The zero-order chi connectivity index (χ0) is 15.8. The number of Topliss-reactive ketones (excluding diaryl/α,β-unsaturated/α-hetero) is 1. The Morgan fingerprint density at radius 2 is 1.64 bits per heavy atom. The molecule has 0 aliphatic rings. The number of hydrogen-bond donors (Lipinski definition) is 0. The third-order valence-corrected chi connectivity index (χ3v) is 3.78. The molecule has 0 N–H and O–H groups in total. The van der Waals surface area contributed by atoms with Crippen LogP contribution in [0.3, 0.4) is 0 Å². The smallest absolute Gasteiger partial charge is 0.184 e. The highest BCUT2D eigenvalue weighted by Crippen LogP contribution is 2.25. The highest BCUT2D eigenvalue weighted by atomic mass is 16.5. The van der Waals surface area contributed by atoms with E-state index in [1.54, 1.807) is 7.11 Å². The highest BCUT2D eigenvalue weighted by Gasteiger charge is 2.27. The average molecular weight is 297 g/mol. The Hall–Kier alpha value is -1.97. The van der Waals surface area contributed by atoms with Gasteiger partial charge in [0.2, 0.25) is 0 Å². The number of benzene rings is 2. The molecule has 0 amide bonds. The summed E-state index contributed by atoms with van der Waals surface area (Å²) in [5.41, 5.74) is 1.77. The van der Waals surface area contributed by atoms with Gasteiger partial charge in [-0.25, -0.2) is 0 Å². The Morgan fingerprint density at radius 3 is 2.18 bits per heavy atom. The first-order chi connectivity index (χ1) is 10.8. The van der Waals surface area contributed by atoms with Crippen molar-refractivity contribution in [1.82, 2.24) is 4.90 Å². The lowest BCUT2D eigenvalue weighted by atomic mass is 9.96. The minimum absolute atomic E-state index is 0.129. The molecule has 116 valence electrons. The van der Waals surface area contributed by atoms with Crippen molar-refractivity contribution < 1.29 is 9.53 Å². The summed E-state index contributed by atoms with van der Waals surface area (Å²) in [6.45, 7) is 4.20. The molecule has 1 atom stereocenters. The van der Waals surface area contributed by atoms with Crippen molar-refractivity contribution in [2.75, 3.05) is 26.8 Å². The molecule has 3 nitrogen and oxygen atoms in total. The van der Waals surface area contributed by atoms with Gasteiger partial charge < -0.3 is 4.74 Å². The molecule has 0 spiro atoms. The maximum absolute atomic E-state index is 13.0. The van der Waals surface area contributed by atoms with Crippen LogP contribution >= 0.6 is 0 Å². The zero-order valence-electron chi connectivity index (χ0n) is 13.2. The number of hydrogen-bond acceptors (Lipinski definition) is 3. The Bertz CT molecular complexity index is 569. The van der Waals surface area contributed by atoms with Crippen molar-refractivity contribution in [2.24, 2.45) is 0 Å². The minimum Gasteiger partial charge on any atom is -0.383 e. The van der Waals surface area contributed by atoms with Crippen molar-refractivity contribution in [1.29, 1.82) is 0 Å². The molecular weight excluding hydrogens is 274 g/mol. The topological polar surface area (TPSA) is 29.5 Å². The Balaban J connectivity index is 2.34. The van der Waals surface area contributed by atoms with Gasteiger partial charge in [0.25, 0.3) is 0 Å². The van der Waals surface area contributed by atoms with Gasteiger partial charge in [0.1, 0.15) is 0 Å². The molecule has 3 heteroatoms. The lowest BCUT2D eigenvalue weighted by Crippen LogP contribution is -2.36. The molecule has 0 radical (unpaired) electrons. The standard InChI is InChI=1S/C19H23NO2/c1-3-20(14-15-22-2)18(16-10-6-4-7-11-16)19(21)17-12-8-5-9-13-17/h4-13,18H,3,14-15H2,1-2H3. The third-order valence-electron chi connectivity index (χ3n) is 3.78. The molecule has 22 heavy (non-hydrogen) atoms. The molecule has 0 saturated carbocycles. The predicted octanol–water partition coefficient (Wildman–Crippen LogP) is 3.58. The molecule has 0 bridgehead atoms. The lowest BCUT2D eigenvalue weighted by molar-refractivity contribution is 0.0761. The van der Waals surface area contributed by atoms with E-state index in [0.29, 0.717) is 6.61 Å². The highest BCUT2D eigenvalue weighted by molar-refractivity contribution is 6.00. The molecule has 2 rings (SSSR count). The summed E-state index contributed by atoms with van der Waals surface area (Å²) in [6.07, 6.45) is 0. The second-order valence-corrected chi connectivity index (χ2v) is 5.16. The molecule has 2 aromatic rings. The quantitative estimate of drug-likeness (QED) is 0.698. The van der Waals surface area contributed by atoms with E-state index in [1.807, 2.05) is 60.7 Å². The van der Waals surface area contributed by atoms with Crippen LogP contribution in [0.4, 0.5) is 0 Å². The van der Waals surface area contributed by atoms with Crippen LogP contribution in [0.25, 0.3) is 0 Å². The Kier molecular flexibility index (Phi) is 6.31. The molecule has 0 fully saturated rings. The number of carbonyl (C=O) groups excluding carboxylic acids is 1. The number of likely N-dealkylation sites (N-methyl/N-ethyl adjacent to an activating group) is 1. The van der Waals surface area contributed by atoms with Gasteiger partial charge in [-0.1, -0.05) is 67.6 Å². The normalized spacial score (nSPS) is 12.3. The van der Waals surface area contributed by atoms with Crippen LogP contribution < -0.4 is 0 Å². The van der Waals surface area contributed by atoms with E-state index in [0.717, 1.165) is 24.2 Å². The minimum atomic E-state index is -0.274. The molecule has 0 heterocycles. The van der Waals surface area contributed by atoms with Gasteiger partial charge in [0.05, 0.1) is 12.6 Å². The van der Waals surface area contributed by atoms with Gasteiger partial charge in [-0.2, -0.15) is 0 Å². The average Bonchev–Trinajstić information content (AvgIpc) is 2.59. The first kappa shape index (κ1) is 16.4. The first-order valence-electron chi connectivity index (χ1n) is 7.65. The van der Waals surface area contributed by atoms with Gasteiger partial charge in [0.15, 0.2) is 5.78 Å². The molecule has 0 aliphatic carbocycles. The largest absolute Gasteiger partial charge is 0.383 e. The summed E-state index contributed by atoms with van der Waals surface area (Å²) in [5, 5.41) is 0. The van der Waals surface area contributed by atoms with Crippen LogP contribution in [0.15, 0.2) is 60.7 Å². The summed E-state index contributed by atoms with van der Waals surface area (Å²) in [4.78, 5) is 15.2. The van der Waals surface area contributed by atoms with E-state index >= 15 is 0 Å². The molecule has 0 aromatic heterocycles. The van der Waals surface area contributed by atoms with Gasteiger partial charge in [-0.05, 0) is 12.1 Å². The first-order valence-corrected chi connectivity index (χ1v) is 7.65. The second kappa shape index (κ2) is 8.47. The van der Waals surface area contributed by atoms with Gasteiger partial charge >= 0.3 is 0 Å². The lowest BCUT2D eigenvalue weighted by Gasteiger charge is -2.30. The number of carbonyl (C=O) groups is 1. The summed E-state index contributed by atoms with van der Waals surface area (Å²) in [5.74, 6) is 0.129. The van der Waals surface area contributed by atoms with Gasteiger partial charge in [-0.15, -0.1) is 0 Å². The SMILES string of the molecule is CCN(CCOC)C(C(=O)c1ccccc1)c1ccccc1. The van der Waals surface area contributed by atoms with Gasteiger partial charge in [-0.3, -0.25) is 9.69 Å². The Morgan fingerprint density at radius 1 is 1.05 bits per heavy atom. The van der Waals surface area contributed by atoms with Crippen LogP contribution in [0, 0.1) is 0 Å². The molecule has 2 aromatic carbocycles. The van der Waals surface area contributed by atoms with E-state index < -0.39 is 0 Å². The van der Waals surface area contributed by atoms with Crippen LogP contribution in [-0.4, -0.2) is 37.5 Å². The molecule has 0 aliphatic heterocycles. The van der Waals surface area contributed by atoms with Gasteiger partial charge in [0, 0.05) is 19.2 Å². The fraction of sp³-hybridized carbons (Fsp3) is 0.316. The number of ether oxygens (including phenoxy) is 1. The third kappa shape index (κ3) is 4.03. The molecule has 1 unspecified atom stereocenters. The zero-order valence-corrected chi connectivity index (χ0v) is 13.2. The predicted molar refractivity (Wildman–Crippen MR) is 89.1 cm³/mol. The van der Waals surface area contributed by atoms with Crippen molar-refractivity contribution >= 4 is 5.78 Å². The van der Waals surface area contributed by atoms with E-state index in [1.165, 1.54) is 0 Å². The number of ketones is 1. The molecule has 0 saturated heterocycles. The monoisotopic (exact) mass is 297 g/mol. The van der Waals surface area contributed by atoms with E-state index in [-0.39, 0.29) is 11.8 Å². The fourth-order valence-corrected chi connectivity index (χ4v) is 2.60. The summed E-state index contributed by atoms with van der Waals surface area (Å²) < 4.78 is 5.19. The van der Waals surface area contributed by atoms with E-state index in [4.69, 9.17) is 4.74 Å². The van der Waals surface area contributed by atoms with Crippen molar-refractivity contribution in [3.05, 3.63) is 71.8 Å². The van der Waals surface area contributed by atoms with E-state index in [9.17, 15) is 4.79 Å². The van der Waals surface area contributed by atoms with Crippen LogP contribution in [0.5, 0.6) is 0 Å². The van der Waals surface area contributed by atoms with E-state index in [2.05, 4.69) is 11.8 Å².